The van der Waals surface area contributed by atoms with Crippen molar-refractivity contribution >= 4 is 22.1 Å². The molecule has 0 aliphatic heterocycles. The van der Waals surface area contributed by atoms with Gasteiger partial charge in [0, 0.05) is 13.1 Å². The molecular weight excluding hydrogens is 332 g/mol. The molecule has 0 bridgehead atoms. The fraction of sp³-hybridized carbons (Fsp3) is 0.391. The van der Waals surface area contributed by atoms with Gasteiger partial charge >= 0.3 is 0 Å². The van der Waals surface area contributed by atoms with E-state index in [0.717, 1.165) is 42.2 Å². The van der Waals surface area contributed by atoms with Gasteiger partial charge in [-0.3, -0.25) is 0 Å². The number of aryl methyl sites for hydroxylation is 2. The Morgan fingerprint density at radius 2 is 1.11 bits per heavy atom. The highest BCUT2D eigenvalue weighted by molar-refractivity contribution is 5.77. The van der Waals surface area contributed by atoms with Gasteiger partial charge in [-0.1, -0.05) is 51.0 Å². The summed E-state index contributed by atoms with van der Waals surface area (Å²) in [7, 11) is 0. The van der Waals surface area contributed by atoms with Crippen LogP contribution in [0.4, 0.5) is 0 Å². The summed E-state index contributed by atoms with van der Waals surface area (Å²) in [5, 5.41) is 0. The molecule has 0 fully saturated rings. The number of rotatable bonds is 8. The van der Waals surface area contributed by atoms with Crippen LogP contribution in [0.25, 0.3) is 22.1 Å². The van der Waals surface area contributed by atoms with Crippen LogP contribution in [0.1, 0.15) is 51.2 Å². The number of para-hydroxylation sites is 4. The van der Waals surface area contributed by atoms with Crippen LogP contribution >= 0.6 is 0 Å². The highest BCUT2D eigenvalue weighted by Crippen LogP contribution is 2.22. The second-order valence-corrected chi connectivity index (χ2v) is 7.22. The lowest BCUT2D eigenvalue weighted by Crippen LogP contribution is -2.10. The molecule has 0 saturated heterocycles. The van der Waals surface area contributed by atoms with E-state index in [0.29, 0.717) is 0 Å². The fourth-order valence-corrected chi connectivity index (χ4v) is 3.79. The van der Waals surface area contributed by atoms with Crippen molar-refractivity contribution in [2.24, 2.45) is 0 Å². The molecule has 0 aliphatic carbocycles. The van der Waals surface area contributed by atoms with Crippen molar-refractivity contribution in [3.05, 3.63) is 60.2 Å². The third-order valence-electron chi connectivity index (χ3n) is 5.25. The van der Waals surface area contributed by atoms with E-state index in [1.165, 1.54) is 36.7 Å². The van der Waals surface area contributed by atoms with Gasteiger partial charge in [0.1, 0.15) is 11.6 Å². The largest absolute Gasteiger partial charge is 0.328 e. The summed E-state index contributed by atoms with van der Waals surface area (Å²) in [6, 6.07) is 16.9. The molecule has 140 valence electrons. The van der Waals surface area contributed by atoms with Crippen molar-refractivity contribution < 1.29 is 0 Å². The van der Waals surface area contributed by atoms with Crippen LogP contribution in [0.3, 0.4) is 0 Å². The lowest BCUT2D eigenvalue weighted by atomic mass is 10.2. The zero-order valence-corrected chi connectivity index (χ0v) is 16.4. The van der Waals surface area contributed by atoms with Gasteiger partial charge in [-0.25, -0.2) is 9.97 Å². The molecule has 0 unspecified atom stereocenters. The van der Waals surface area contributed by atoms with Crippen molar-refractivity contribution in [3.8, 4) is 0 Å². The van der Waals surface area contributed by atoms with E-state index in [4.69, 9.17) is 9.97 Å². The number of fused-ring (bicyclic) bond motifs is 2. The minimum Gasteiger partial charge on any atom is -0.328 e. The Kier molecular flexibility index (Phi) is 5.23. The van der Waals surface area contributed by atoms with Crippen LogP contribution in [-0.4, -0.2) is 19.1 Å². The van der Waals surface area contributed by atoms with E-state index in [2.05, 4.69) is 71.5 Å². The first-order valence-electron chi connectivity index (χ1n) is 10.2. The highest BCUT2D eigenvalue weighted by atomic mass is 15.1. The van der Waals surface area contributed by atoms with Crippen molar-refractivity contribution in [1.29, 1.82) is 0 Å². The molecule has 0 atom stereocenters. The fourth-order valence-electron chi connectivity index (χ4n) is 3.79. The van der Waals surface area contributed by atoms with Gasteiger partial charge in [0.25, 0.3) is 0 Å². The molecule has 0 aliphatic rings. The van der Waals surface area contributed by atoms with Gasteiger partial charge in [-0.05, 0) is 37.1 Å². The second-order valence-electron chi connectivity index (χ2n) is 7.22. The topological polar surface area (TPSA) is 35.6 Å². The molecule has 2 heterocycles. The van der Waals surface area contributed by atoms with E-state index in [1.54, 1.807) is 0 Å². The zero-order valence-electron chi connectivity index (χ0n) is 16.4. The number of unbranched alkanes of at least 4 members (excludes halogenated alkanes) is 2. The molecule has 4 heteroatoms. The van der Waals surface area contributed by atoms with Gasteiger partial charge < -0.3 is 9.13 Å². The van der Waals surface area contributed by atoms with Crippen molar-refractivity contribution in [3.63, 3.8) is 0 Å². The van der Waals surface area contributed by atoms with Crippen LogP contribution < -0.4 is 0 Å². The summed E-state index contributed by atoms with van der Waals surface area (Å²) in [4.78, 5) is 9.92. The first-order chi connectivity index (χ1) is 13.3. The minimum atomic E-state index is 0.775. The average molecular weight is 361 g/mol. The SMILES string of the molecule is CCCCn1c(Cc2nc3ccccc3n2CCCC)nc2ccccc21. The van der Waals surface area contributed by atoms with Crippen LogP contribution in [0.15, 0.2) is 48.5 Å². The Bertz CT molecular complexity index is 957. The van der Waals surface area contributed by atoms with E-state index in [1.807, 2.05) is 0 Å². The molecule has 2 aromatic heterocycles. The van der Waals surface area contributed by atoms with Crippen LogP contribution in [0.2, 0.25) is 0 Å². The lowest BCUT2D eigenvalue weighted by Gasteiger charge is -2.11. The van der Waals surface area contributed by atoms with Crippen molar-refractivity contribution in [2.75, 3.05) is 0 Å². The molecule has 4 nitrogen and oxygen atoms in total. The molecule has 4 rings (SSSR count). The second kappa shape index (κ2) is 7.95. The smallest absolute Gasteiger partial charge is 0.117 e. The summed E-state index contributed by atoms with van der Waals surface area (Å²) in [5.74, 6) is 2.25. The maximum absolute atomic E-state index is 4.96. The monoisotopic (exact) mass is 360 g/mol. The predicted molar refractivity (Wildman–Crippen MR) is 112 cm³/mol. The molecule has 0 amide bonds. The van der Waals surface area contributed by atoms with Crippen molar-refractivity contribution in [2.45, 2.75) is 59.0 Å². The van der Waals surface area contributed by atoms with Gasteiger partial charge in [-0.15, -0.1) is 0 Å². The van der Waals surface area contributed by atoms with E-state index >= 15 is 0 Å². The molecule has 2 aromatic carbocycles. The Morgan fingerprint density at radius 1 is 0.667 bits per heavy atom. The Balaban J connectivity index is 1.77. The van der Waals surface area contributed by atoms with Crippen LogP contribution in [0.5, 0.6) is 0 Å². The lowest BCUT2D eigenvalue weighted by molar-refractivity contribution is 0.596. The van der Waals surface area contributed by atoms with Gasteiger partial charge in [0.15, 0.2) is 0 Å². The quantitative estimate of drug-likeness (QED) is 0.411. The zero-order chi connectivity index (χ0) is 18.6. The Labute approximate surface area is 160 Å². The molecule has 0 saturated carbocycles. The first kappa shape index (κ1) is 17.8. The average Bonchev–Trinajstić information content (AvgIpc) is 3.22. The number of hydrogen-bond donors (Lipinski definition) is 0. The summed E-state index contributed by atoms with van der Waals surface area (Å²) in [5.41, 5.74) is 4.63. The third kappa shape index (κ3) is 3.48. The standard InChI is InChI=1S/C23H28N4/c1-3-5-15-26-20-13-9-7-11-18(20)24-22(26)17-23-25-19-12-8-10-14-21(19)27(23)16-6-4-2/h7-14H,3-6,15-17H2,1-2H3. The van der Waals surface area contributed by atoms with Gasteiger partial charge in [0.2, 0.25) is 0 Å². The van der Waals surface area contributed by atoms with E-state index in [9.17, 15) is 0 Å². The van der Waals surface area contributed by atoms with E-state index < -0.39 is 0 Å². The molecule has 4 aromatic rings. The molecule has 0 spiro atoms. The van der Waals surface area contributed by atoms with Gasteiger partial charge in [0.05, 0.1) is 28.5 Å². The molecule has 0 radical (unpaired) electrons. The van der Waals surface area contributed by atoms with Crippen molar-refractivity contribution in [1.82, 2.24) is 19.1 Å². The third-order valence-corrected chi connectivity index (χ3v) is 5.25. The van der Waals surface area contributed by atoms with E-state index in [-0.39, 0.29) is 0 Å². The summed E-state index contributed by atoms with van der Waals surface area (Å²) in [6.45, 7) is 6.51. The first-order valence-corrected chi connectivity index (χ1v) is 10.2. The van der Waals surface area contributed by atoms with Crippen LogP contribution in [-0.2, 0) is 19.5 Å². The number of imidazole rings is 2. The van der Waals surface area contributed by atoms with Gasteiger partial charge in [-0.2, -0.15) is 0 Å². The highest BCUT2D eigenvalue weighted by Gasteiger charge is 2.16. The molecule has 27 heavy (non-hydrogen) atoms. The summed E-state index contributed by atoms with van der Waals surface area (Å²) < 4.78 is 4.78. The normalized spacial score (nSPS) is 11.6. The summed E-state index contributed by atoms with van der Waals surface area (Å²) >= 11 is 0. The number of aromatic nitrogens is 4. The molecule has 0 N–H and O–H groups in total. The Morgan fingerprint density at radius 3 is 1.56 bits per heavy atom. The Hall–Kier alpha value is -2.62. The number of benzene rings is 2. The summed E-state index contributed by atoms with van der Waals surface area (Å²) in [6.07, 6.45) is 5.47. The van der Waals surface area contributed by atoms with Crippen LogP contribution in [0, 0.1) is 0 Å². The minimum absolute atomic E-state index is 0.775. The number of nitrogens with zero attached hydrogens (tertiary/aromatic N) is 4. The number of hydrogen-bond acceptors (Lipinski definition) is 2. The maximum Gasteiger partial charge on any atom is 0.117 e. The molecular formula is C23H28N4. The predicted octanol–water partition coefficient (Wildman–Crippen LogP) is 5.58. The maximum atomic E-state index is 4.96.